The maximum atomic E-state index is 13.9. The molecule has 3 rings (SSSR count). The summed E-state index contributed by atoms with van der Waals surface area (Å²) in [4.78, 5) is 27.4. The van der Waals surface area contributed by atoms with Crippen LogP contribution in [0.4, 0.5) is 9.18 Å². The van der Waals surface area contributed by atoms with Gasteiger partial charge in [0, 0.05) is 13.1 Å². The molecule has 0 spiro atoms. The van der Waals surface area contributed by atoms with E-state index >= 15 is 0 Å². The molecule has 2 heterocycles. The molecule has 0 radical (unpaired) electrons. The van der Waals surface area contributed by atoms with E-state index in [-0.39, 0.29) is 17.8 Å². The molecule has 3 amide bonds. The standard InChI is InChI=1S/C16H20ClFN4O2/c17-13-2-1-3-14(18)12(13)10-20-6-8-21(9-7-20)11-15(23)22-5-4-19-16(22)24/h1-3H,4-11H2,(H,19,24)/p+2. The third-order valence-electron chi connectivity index (χ3n) is 4.71. The lowest BCUT2D eigenvalue weighted by atomic mass is 10.2. The van der Waals surface area contributed by atoms with Crippen molar-refractivity contribution in [3.63, 3.8) is 0 Å². The summed E-state index contributed by atoms with van der Waals surface area (Å²) in [5.74, 6) is -0.388. The van der Waals surface area contributed by atoms with E-state index in [2.05, 4.69) is 5.32 Å². The third-order valence-corrected chi connectivity index (χ3v) is 5.07. The first kappa shape index (κ1) is 17.1. The molecule has 3 N–H and O–H groups in total. The maximum Gasteiger partial charge on any atom is 0.324 e. The minimum atomic E-state index is -0.294. The van der Waals surface area contributed by atoms with Crippen molar-refractivity contribution in [2.24, 2.45) is 0 Å². The van der Waals surface area contributed by atoms with E-state index in [9.17, 15) is 14.0 Å². The van der Waals surface area contributed by atoms with Crippen LogP contribution in [0.3, 0.4) is 0 Å². The molecule has 6 nitrogen and oxygen atoms in total. The highest BCUT2D eigenvalue weighted by Crippen LogP contribution is 2.17. The van der Waals surface area contributed by atoms with Crippen LogP contribution < -0.4 is 15.1 Å². The number of carbonyl (C=O) groups is 2. The van der Waals surface area contributed by atoms with E-state index < -0.39 is 0 Å². The van der Waals surface area contributed by atoms with Gasteiger partial charge in [-0.15, -0.1) is 0 Å². The van der Waals surface area contributed by atoms with Gasteiger partial charge >= 0.3 is 6.03 Å². The highest BCUT2D eigenvalue weighted by atomic mass is 35.5. The summed E-state index contributed by atoms with van der Waals surface area (Å²) in [5, 5.41) is 3.10. The molecule has 2 aliphatic heterocycles. The van der Waals surface area contributed by atoms with Crippen LogP contribution in [-0.2, 0) is 11.3 Å². The molecular weight excluding hydrogens is 335 g/mol. The van der Waals surface area contributed by atoms with Crippen molar-refractivity contribution in [2.75, 3.05) is 45.8 Å². The van der Waals surface area contributed by atoms with Gasteiger partial charge in [-0.05, 0) is 12.1 Å². The van der Waals surface area contributed by atoms with Gasteiger partial charge in [-0.1, -0.05) is 17.7 Å². The topological polar surface area (TPSA) is 58.3 Å². The van der Waals surface area contributed by atoms with Crippen LogP contribution in [0, 0.1) is 5.82 Å². The van der Waals surface area contributed by atoms with Gasteiger partial charge in [-0.3, -0.25) is 9.69 Å². The van der Waals surface area contributed by atoms with Crippen LogP contribution in [-0.4, -0.2) is 62.7 Å². The Morgan fingerprint density at radius 1 is 1.25 bits per heavy atom. The summed E-state index contributed by atoms with van der Waals surface area (Å²) in [6.07, 6.45) is 0. The summed E-state index contributed by atoms with van der Waals surface area (Å²) in [6, 6.07) is 4.46. The van der Waals surface area contributed by atoms with Gasteiger partial charge in [0.2, 0.25) is 0 Å². The summed E-state index contributed by atoms with van der Waals surface area (Å²) in [7, 11) is 0. The molecule has 0 unspecified atom stereocenters. The van der Waals surface area contributed by atoms with Crippen molar-refractivity contribution in [1.29, 1.82) is 0 Å². The van der Waals surface area contributed by atoms with Crippen molar-refractivity contribution in [2.45, 2.75) is 6.54 Å². The Balaban J connectivity index is 1.49. The van der Waals surface area contributed by atoms with Crippen LogP contribution in [0.25, 0.3) is 0 Å². The van der Waals surface area contributed by atoms with Crippen molar-refractivity contribution in [1.82, 2.24) is 10.2 Å². The normalized spacial score (nSPS) is 24.1. The minimum absolute atomic E-state index is 0.124. The van der Waals surface area contributed by atoms with Crippen LogP contribution in [0.1, 0.15) is 5.56 Å². The van der Waals surface area contributed by atoms with Crippen molar-refractivity contribution in [3.05, 3.63) is 34.6 Å². The molecule has 1 aromatic carbocycles. The summed E-state index contributed by atoms with van der Waals surface area (Å²) in [6.45, 7) is 5.21. The van der Waals surface area contributed by atoms with Crippen LogP contribution in [0.5, 0.6) is 0 Å². The highest BCUT2D eigenvalue weighted by molar-refractivity contribution is 6.31. The number of rotatable bonds is 4. The number of nitrogens with zero attached hydrogens (tertiary/aromatic N) is 1. The van der Waals surface area contributed by atoms with Crippen molar-refractivity contribution in [3.8, 4) is 0 Å². The van der Waals surface area contributed by atoms with Gasteiger partial charge in [0.1, 0.15) is 38.5 Å². The number of halogens is 2. The molecule has 2 aliphatic rings. The second-order valence-electron chi connectivity index (χ2n) is 6.33. The smallest absolute Gasteiger partial charge is 0.324 e. The van der Waals surface area contributed by atoms with Crippen LogP contribution >= 0.6 is 11.6 Å². The molecule has 0 aromatic heterocycles. The summed E-state index contributed by atoms with van der Waals surface area (Å²) >= 11 is 6.09. The number of hydrogen-bond acceptors (Lipinski definition) is 2. The van der Waals surface area contributed by atoms with E-state index in [1.54, 1.807) is 12.1 Å². The largest absolute Gasteiger partial charge is 0.336 e. The Bertz CT molecular complexity index is 614. The molecule has 0 atom stereocenters. The second kappa shape index (κ2) is 7.46. The molecule has 1 aromatic rings. The molecule has 0 saturated carbocycles. The van der Waals surface area contributed by atoms with Gasteiger partial charge in [-0.2, -0.15) is 0 Å². The quantitative estimate of drug-likeness (QED) is 0.603. The molecular formula is C16H22ClFN4O2+2. The number of piperazine rings is 1. The highest BCUT2D eigenvalue weighted by Gasteiger charge is 2.31. The average Bonchev–Trinajstić information content (AvgIpc) is 2.99. The number of urea groups is 1. The predicted molar refractivity (Wildman–Crippen MR) is 86.5 cm³/mol. The van der Waals surface area contributed by atoms with Gasteiger partial charge in [0.05, 0.1) is 10.6 Å². The van der Waals surface area contributed by atoms with Crippen molar-refractivity contribution >= 4 is 23.5 Å². The Morgan fingerprint density at radius 3 is 2.58 bits per heavy atom. The number of nitrogens with one attached hydrogen (secondary N) is 3. The van der Waals surface area contributed by atoms with E-state index in [0.29, 0.717) is 36.8 Å². The van der Waals surface area contributed by atoms with E-state index in [1.807, 2.05) is 0 Å². The first-order valence-electron chi connectivity index (χ1n) is 8.23. The van der Waals surface area contributed by atoms with Gasteiger partial charge in [0.25, 0.3) is 5.91 Å². The molecule has 0 bridgehead atoms. The maximum absolute atomic E-state index is 13.9. The lowest BCUT2D eigenvalue weighted by Gasteiger charge is -2.30. The van der Waals surface area contributed by atoms with Gasteiger partial charge in [0.15, 0.2) is 6.54 Å². The fourth-order valence-electron chi connectivity index (χ4n) is 3.28. The number of hydrogen-bond donors (Lipinski definition) is 3. The minimum Gasteiger partial charge on any atom is -0.336 e. The average molecular weight is 357 g/mol. The third kappa shape index (κ3) is 3.85. The lowest BCUT2D eigenvalue weighted by Crippen LogP contribution is -3.28. The Hall–Kier alpha value is -1.70. The number of imide groups is 1. The molecule has 2 saturated heterocycles. The molecule has 2 fully saturated rings. The van der Waals surface area contributed by atoms with Crippen molar-refractivity contribution < 1.29 is 23.8 Å². The molecule has 8 heteroatoms. The zero-order valence-electron chi connectivity index (χ0n) is 13.4. The van der Waals surface area contributed by atoms with Gasteiger partial charge in [-0.25, -0.2) is 9.18 Å². The Labute approximate surface area is 145 Å². The number of benzene rings is 1. The first-order valence-corrected chi connectivity index (χ1v) is 8.60. The van der Waals surface area contributed by atoms with E-state index in [4.69, 9.17) is 11.6 Å². The number of carbonyl (C=O) groups excluding carboxylic acids is 2. The summed E-state index contributed by atoms with van der Waals surface area (Å²) in [5.41, 5.74) is 0.558. The first-order chi connectivity index (χ1) is 11.5. The zero-order valence-corrected chi connectivity index (χ0v) is 14.2. The monoisotopic (exact) mass is 356 g/mol. The zero-order chi connectivity index (χ0) is 17.1. The predicted octanol–water partition coefficient (Wildman–Crippen LogP) is -1.69. The van der Waals surface area contributed by atoms with Crippen LogP contribution in [0.2, 0.25) is 5.02 Å². The second-order valence-corrected chi connectivity index (χ2v) is 6.74. The number of quaternary nitrogens is 2. The Kier molecular flexibility index (Phi) is 5.33. The van der Waals surface area contributed by atoms with Gasteiger partial charge < -0.3 is 15.1 Å². The molecule has 130 valence electrons. The summed E-state index contributed by atoms with van der Waals surface area (Å²) < 4.78 is 13.9. The fraction of sp³-hybridized carbons (Fsp3) is 0.500. The van der Waals surface area contributed by atoms with E-state index in [0.717, 1.165) is 26.2 Å². The van der Waals surface area contributed by atoms with Crippen LogP contribution in [0.15, 0.2) is 18.2 Å². The van der Waals surface area contributed by atoms with E-state index in [1.165, 1.54) is 20.8 Å². The Morgan fingerprint density at radius 2 is 1.96 bits per heavy atom. The number of amides is 3. The fourth-order valence-corrected chi connectivity index (χ4v) is 3.51. The molecule has 24 heavy (non-hydrogen) atoms. The molecule has 0 aliphatic carbocycles. The SMILES string of the molecule is O=C(C[NH+]1CC[NH+](Cc2c(F)cccc2Cl)CC1)N1CCNC1=O. The lowest BCUT2D eigenvalue weighted by molar-refractivity contribution is -1.02.